The SMILES string of the molecule is CCN(CC)C(=O)c1csc(-c2ccccc2)n1. The van der Waals surface area contributed by atoms with E-state index in [0.29, 0.717) is 18.8 Å². The van der Waals surface area contributed by atoms with E-state index in [9.17, 15) is 4.79 Å². The Hall–Kier alpha value is -1.68. The molecule has 1 aromatic heterocycles. The zero-order chi connectivity index (χ0) is 13.0. The molecule has 0 aliphatic heterocycles. The van der Waals surface area contributed by atoms with E-state index < -0.39 is 0 Å². The molecule has 94 valence electrons. The Balaban J connectivity index is 2.23. The van der Waals surface area contributed by atoms with Gasteiger partial charge < -0.3 is 4.90 Å². The minimum absolute atomic E-state index is 0.0124. The molecule has 0 unspecified atom stereocenters. The molecular formula is C14H16N2OS. The maximum atomic E-state index is 12.1. The van der Waals surface area contributed by atoms with Crippen LogP contribution in [-0.4, -0.2) is 28.9 Å². The highest BCUT2D eigenvalue weighted by atomic mass is 32.1. The molecule has 2 rings (SSSR count). The van der Waals surface area contributed by atoms with Crippen LogP contribution in [0.2, 0.25) is 0 Å². The van der Waals surface area contributed by atoms with Crippen molar-refractivity contribution in [3.05, 3.63) is 41.4 Å². The number of carbonyl (C=O) groups excluding carboxylic acids is 1. The van der Waals surface area contributed by atoms with Crippen molar-refractivity contribution in [2.45, 2.75) is 13.8 Å². The molecule has 0 radical (unpaired) electrons. The van der Waals surface area contributed by atoms with Crippen LogP contribution in [0.3, 0.4) is 0 Å². The van der Waals surface area contributed by atoms with Crippen molar-refractivity contribution in [3.63, 3.8) is 0 Å². The van der Waals surface area contributed by atoms with Crippen molar-refractivity contribution in [3.8, 4) is 10.6 Å². The molecule has 0 saturated heterocycles. The summed E-state index contributed by atoms with van der Waals surface area (Å²) in [5, 5.41) is 2.73. The highest BCUT2D eigenvalue weighted by Gasteiger charge is 2.16. The molecule has 1 heterocycles. The monoisotopic (exact) mass is 260 g/mol. The second kappa shape index (κ2) is 5.78. The third-order valence-corrected chi connectivity index (χ3v) is 3.69. The smallest absolute Gasteiger partial charge is 0.273 e. The largest absolute Gasteiger partial charge is 0.338 e. The molecule has 18 heavy (non-hydrogen) atoms. The number of rotatable bonds is 4. The van der Waals surface area contributed by atoms with E-state index in [1.807, 2.05) is 49.6 Å². The fourth-order valence-corrected chi connectivity index (χ4v) is 2.56. The Morgan fingerprint density at radius 2 is 1.89 bits per heavy atom. The highest BCUT2D eigenvalue weighted by Crippen LogP contribution is 2.23. The second-order valence-corrected chi connectivity index (χ2v) is 4.74. The van der Waals surface area contributed by atoms with Crippen LogP contribution in [0.5, 0.6) is 0 Å². The van der Waals surface area contributed by atoms with Crippen LogP contribution in [0.1, 0.15) is 24.3 Å². The van der Waals surface area contributed by atoms with Crippen molar-refractivity contribution in [2.24, 2.45) is 0 Å². The van der Waals surface area contributed by atoms with Gasteiger partial charge in [0.2, 0.25) is 0 Å². The summed E-state index contributed by atoms with van der Waals surface area (Å²) in [6, 6.07) is 9.93. The van der Waals surface area contributed by atoms with Crippen molar-refractivity contribution in [2.75, 3.05) is 13.1 Å². The Morgan fingerprint density at radius 1 is 1.22 bits per heavy atom. The van der Waals surface area contributed by atoms with Crippen LogP contribution in [-0.2, 0) is 0 Å². The number of carbonyl (C=O) groups is 1. The molecule has 0 atom stereocenters. The highest BCUT2D eigenvalue weighted by molar-refractivity contribution is 7.13. The number of benzene rings is 1. The number of nitrogens with zero attached hydrogens (tertiary/aromatic N) is 2. The molecular weight excluding hydrogens is 244 g/mol. The third kappa shape index (κ3) is 2.59. The molecule has 1 aromatic carbocycles. The van der Waals surface area contributed by atoms with Crippen molar-refractivity contribution in [1.29, 1.82) is 0 Å². The van der Waals surface area contributed by atoms with Crippen molar-refractivity contribution < 1.29 is 4.79 Å². The van der Waals surface area contributed by atoms with E-state index in [4.69, 9.17) is 0 Å². The lowest BCUT2D eigenvalue weighted by atomic mass is 10.2. The molecule has 4 heteroatoms. The van der Waals surface area contributed by atoms with Gasteiger partial charge in [0, 0.05) is 24.0 Å². The Kier molecular flexibility index (Phi) is 4.10. The molecule has 0 spiro atoms. The van der Waals surface area contributed by atoms with Gasteiger partial charge in [0.15, 0.2) is 0 Å². The second-order valence-electron chi connectivity index (χ2n) is 3.88. The minimum Gasteiger partial charge on any atom is -0.338 e. The number of hydrogen-bond donors (Lipinski definition) is 0. The summed E-state index contributed by atoms with van der Waals surface area (Å²) in [6.45, 7) is 5.39. The van der Waals surface area contributed by atoms with Crippen LogP contribution in [0, 0.1) is 0 Å². The van der Waals surface area contributed by atoms with Gasteiger partial charge in [-0.2, -0.15) is 0 Å². The number of aromatic nitrogens is 1. The molecule has 0 fully saturated rings. The molecule has 0 aliphatic carbocycles. The first-order valence-corrected chi connectivity index (χ1v) is 6.94. The molecule has 0 N–H and O–H groups in total. The van der Waals surface area contributed by atoms with Gasteiger partial charge in [-0.1, -0.05) is 30.3 Å². The summed E-state index contributed by atoms with van der Waals surface area (Å²) in [5.41, 5.74) is 1.60. The zero-order valence-electron chi connectivity index (χ0n) is 10.6. The maximum absolute atomic E-state index is 12.1. The Bertz CT molecular complexity index is 518. The normalized spacial score (nSPS) is 10.3. The van der Waals surface area contributed by atoms with Crippen LogP contribution in [0.4, 0.5) is 0 Å². The lowest BCUT2D eigenvalue weighted by molar-refractivity contribution is 0.0768. The summed E-state index contributed by atoms with van der Waals surface area (Å²) in [4.78, 5) is 18.3. The topological polar surface area (TPSA) is 33.2 Å². The van der Waals surface area contributed by atoms with Gasteiger partial charge >= 0.3 is 0 Å². The van der Waals surface area contributed by atoms with E-state index in [1.54, 1.807) is 4.90 Å². The van der Waals surface area contributed by atoms with Crippen LogP contribution >= 0.6 is 11.3 Å². The Morgan fingerprint density at radius 3 is 2.50 bits per heavy atom. The maximum Gasteiger partial charge on any atom is 0.273 e. The van der Waals surface area contributed by atoms with Crippen molar-refractivity contribution in [1.82, 2.24) is 9.88 Å². The van der Waals surface area contributed by atoms with Crippen LogP contribution in [0.25, 0.3) is 10.6 Å². The molecule has 0 aliphatic rings. The van der Waals surface area contributed by atoms with Gasteiger partial charge in [-0.15, -0.1) is 11.3 Å². The van der Waals surface area contributed by atoms with Gasteiger partial charge in [0.1, 0.15) is 10.7 Å². The zero-order valence-corrected chi connectivity index (χ0v) is 11.4. The van der Waals surface area contributed by atoms with E-state index in [-0.39, 0.29) is 5.91 Å². The predicted molar refractivity (Wildman–Crippen MR) is 74.8 cm³/mol. The molecule has 0 saturated carbocycles. The molecule has 1 amide bonds. The van der Waals surface area contributed by atoms with E-state index in [0.717, 1.165) is 10.6 Å². The van der Waals surface area contributed by atoms with Gasteiger partial charge in [0.25, 0.3) is 5.91 Å². The fraction of sp³-hybridized carbons (Fsp3) is 0.286. The first-order chi connectivity index (χ1) is 8.76. The van der Waals surface area contributed by atoms with E-state index >= 15 is 0 Å². The van der Waals surface area contributed by atoms with Crippen molar-refractivity contribution >= 4 is 17.2 Å². The molecule has 0 bridgehead atoms. The number of hydrogen-bond acceptors (Lipinski definition) is 3. The van der Waals surface area contributed by atoms with Crippen LogP contribution < -0.4 is 0 Å². The summed E-state index contributed by atoms with van der Waals surface area (Å²) >= 11 is 1.51. The fourth-order valence-electron chi connectivity index (χ4n) is 1.76. The van der Waals surface area contributed by atoms with Gasteiger partial charge in [-0.3, -0.25) is 4.79 Å². The first-order valence-electron chi connectivity index (χ1n) is 6.06. The standard InChI is InChI=1S/C14H16N2OS/c1-3-16(4-2)14(17)12-10-18-13(15-12)11-8-6-5-7-9-11/h5-10H,3-4H2,1-2H3. The van der Waals surface area contributed by atoms with Gasteiger partial charge in [-0.25, -0.2) is 4.98 Å². The molecule has 3 nitrogen and oxygen atoms in total. The number of thiazole rings is 1. The quantitative estimate of drug-likeness (QED) is 0.845. The first kappa shape index (κ1) is 12.8. The van der Waals surface area contributed by atoms with Gasteiger partial charge in [-0.05, 0) is 13.8 Å². The minimum atomic E-state index is 0.0124. The van der Waals surface area contributed by atoms with Crippen LogP contribution in [0.15, 0.2) is 35.7 Å². The lowest BCUT2D eigenvalue weighted by Gasteiger charge is -2.16. The van der Waals surface area contributed by atoms with E-state index in [2.05, 4.69) is 4.98 Å². The third-order valence-electron chi connectivity index (χ3n) is 2.79. The summed E-state index contributed by atoms with van der Waals surface area (Å²) in [5.74, 6) is 0.0124. The summed E-state index contributed by atoms with van der Waals surface area (Å²) in [6.07, 6.45) is 0. The lowest BCUT2D eigenvalue weighted by Crippen LogP contribution is -2.30. The van der Waals surface area contributed by atoms with Gasteiger partial charge in [0.05, 0.1) is 0 Å². The Labute approximate surface area is 111 Å². The molecule has 2 aromatic rings. The number of amides is 1. The average molecular weight is 260 g/mol. The average Bonchev–Trinajstić information content (AvgIpc) is 2.90. The van der Waals surface area contributed by atoms with E-state index in [1.165, 1.54) is 11.3 Å². The predicted octanol–water partition coefficient (Wildman–Crippen LogP) is 3.29. The summed E-state index contributed by atoms with van der Waals surface area (Å²) < 4.78 is 0. The summed E-state index contributed by atoms with van der Waals surface area (Å²) in [7, 11) is 0.